The van der Waals surface area contributed by atoms with Crippen molar-refractivity contribution >= 4 is 0 Å². The van der Waals surface area contributed by atoms with Gasteiger partial charge in [0, 0.05) is 11.1 Å². The normalized spacial score (nSPS) is 20.2. The van der Waals surface area contributed by atoms with Gasteiger partial charge in [-0.15, -0.1) is 0 Å². The lowest BCUT2D eigenvalue weighted by Gasteiger charge is -2.28. The van der Waals surface area contributed by atoms with E-state index in [1.165, 1.54) is 169 Å². The zero-order chi connectivity index (χ0) is 46.1. The van der Waals surface area contributed by atoms with Gasteiger partial charge >= 0.3 is 0 Å². The van der Waals surface area contributed by atoms with Crippen LogP contribution in [0.3, 0.4) is 0 Å². The molecular formula is C64H74O4. The van der Waals surface area contributed by atoms with Crippen LogP contribution in [-0.4, -0.2) is 13.6 Å². The van der Waals surface area contributed by atoms with E-state index in [2.05, 4.69) is 135 Å². The lowest BCUT2D eigenvalue weighted by atomic mass is 9.77. The average molecular weight is 907 g/mol. The van der Waals surface area contributed by atoms with E-state index in [-0.39, 0.29) is 13.6 Å². The van der Waals surface area contributed by atoms with Gasteiger partial charge in [-0.2, -0.15) is 0 Å². The third-order valence-corrected chi connectivity index (χ3v) is 16.3. The van der Waals surface area contributed by atoms with Crippen LogP contribution >= 0.6 is 0 Å². The van der Waals surface area contributed by atoms with E-state index in [4.69, 9.17) is 18.9 Å². The minimum absolute atomic E-state index is 0.120. The molecule has 0 bridgehead atoms. The highest BCUT2D eigenvalue weighted by Gasteiger charge is 2.28. The molecule has 0 radical (unpaired) electrons. The summed E-state index contributed by atoms with van der Waals surface area (Å²) in [6.07, 6.45) is 25.2. The molecule has 0 spiro atoms. The van der Waals surface area contributed by atoms with Gasteiger partial charge in [0.2, 0.25) is 13.6 Å². The molecule has 0 atom stereocenters. The number of hydrogen-bond donors (Lipinski definition) is 0. The molecule has 2 fully saturated rings. The Balaban J connectivity index is 0.802. The standard InChI is InChI=1S/C64H74O4/c1-3-9-45-15-19-47(20-16-45)49-23-27-51(28-24-49)53-31-37-57(38-32-53)65-43-67-61-41-35-55-11-5-7-13-59(55)63(61)64-60-14-8-6-12-56(60)36-42-62(64)68-44-66-58-39-33-54(34-40-58)52-29-25-50(26-30-52)48-21-17-46(10-4-2)18-22-48/h23-42,45-48H,3-22,43-44H2,1-2H3. The first-order valence-corrected chi connectivity index (χ1v) is 26.8. The van der Waals surface area contributed by atoms with Crippen LogP contribution in [0.5, 0.6) is 23.0 Å². The van der Waals surface area contributed by atoms with Crippen LogP contribution in [0, 0.1) is 11.8 Å². The molecule has 6 aromatic rings. The van der Waals surface area contributed by atoms with Crippen molar-refractivity contribution < 1.29 is 18.9 Å². The smallest absolute Gasteiger partial charge is 0.230 e. The van der Waals surface area contributed by atoms with E-state index in [1.807, 2.05) is 0 Å². The van der Waals surface area contributed by atoms with Gasteiger partial charge in [-0.1, -0.05) is 124 Å². The van der Waals surface area contributed by atoms with Crippen LogP contribution in [-0.2, 0) is 25.7 Å². The molecule has 0 aromatic heterocycles. The molecule has 6 aromatic carbocycles. The van der Waals surface area contributed by atoms with Crippen LogP contribution in [0.4, 0.5) is 0 Å². The molecule has 0 heterocycles. The van der Waals surface area contributed by atoms with Crippen molar-refractivity contribution in [3.63, 3.8) is 0 Å². The van der Waals surface area contributed by atoms with Gasteiger partial charge in [-0.3, -0.25) is 0 Å². The molecule has 0 aliphatic heterocycles. The molecule has 4 heteroatoms. The fourth-order valence-corrected chi connectivity index (χ4v) is 12.5. The maximum Gasteiger partial charge on any atom is 0.230 e. The highest BCUT2D eigenvalue weighted by atomic mass is 16.7. The Labute approximate surface area is 407 Å². The number of rotatable bonds is 17. The molecule has 354 valence electrons. The third-order valence-electron chi connectivity index (χ3n) is 16.3. The van der Waals surface area contributed by atoms with Crippen LogP contribution < -0.4 is 18.9 Å². The Morgan fingerprint density at radius 1 is 0.368 bits per heavy atom. The second-order valence-electron chi connectivity index (χ2n) is 20.7. The maximum absolute atomic E-state index is 6.67. The summed E-state index contributed by atoms with van der Waals surface area (Å²) >= 11 is 0. The van der Waals surface area contributed by atoms with Gasteiger partial charge in [-0.05, 0) is 218 Å². The molecule has 0 saturated heterocycles. The van der Waals surface area contributed by atoms with Crippen molar-refractivity contribution in [2.75, 3.05) is 13.6 Å². The first-order chi connectivity index (χ1) is 33.6. The lowest BCUT2D eigenvalue weighted by molar-refractivity contribution is 0.118. The summed E-state index contributed by atoms with van der Waals surface area (Å²) in [5.74, 6) is 6.59. The predicted octanol–water partition coefficient (Wildman–Crippen LogP) is 17.4. The number of ether oxygens (including phenoxy) is 4. The van der Waals surface area contributed by atoms with E-state index in [1.54, 1.807) is 0 Å². The van der Waals surface area contributed by atoms with Crippen molar-refractivity contribution in [1.29, 1.82) is 0 Å². The highest BCUT2D eigenvalue weighted by Crippen LogP contribution is 2.47. The Bertz CT molecular complexity index is 2360. The predicted molar refractivity (Wildman–Crippen MR) is 280 cm³/mol. The maximum atomic E-state index is 6.67. The van der Waals surface area contributed by atoms with Gasteiger partial charge in [0.05, 0.1) is 0 Å². The van der Waals surface area contributed by atoms with Crippen molar-refractivity contribution in [2.24, 2.45) is 11.8 Å². The Kier molecular flexibility index (Phi) is 15.2. The third kappa shape index (κ3) is 10.9. The first-order valence-electron chi connectivity index (χ1n) is 26.8. The largest absolute Gasteiger partial charge is 0.458 e. The Morgan fingerprint density at radius 3 is 1.09 bits per heavy atom. The van der Waals surface area contributed by atoms with E-state index in [9.17, 15) is 0 Å². The van der Waals surface area contributed by atoms with Crippen molar-refractivity contribution in [2.45, 2.75) is 154 Å². The first kappa shape index (κ1) is 46.3. The van der Waals surface area contributed by atoms with Crippen LogP contribution in [0.25, 0.3) is 33.4 Å². The monoisotopic (exact) mass is 907 g/mol. The van der Waals surface area contributed by atoms with Crippen molar-refractivity contribution in [3.05, 3.63) is 155 Å². The summed E-state index contributed by atoms with van der Waals surface area (Å²) in [6.45, 7) is 4.88. The molecule has 0 unspecified atom stereocenters. The molecule has 4 aliphatic carbocycles. The quantitative estimate of drug-likeness (QED) is 0.0855. The van der Waals surface area contributed by atoms with Crippen LogP contribution in [0.1, 0.15) is 162 Å². The summed E-state index contributed by atoms with van der Waals surface area (Å²) < 4.78 is 26.0. The molecule has 10 rings (SSSR count). The molecule has 4 nitrogen and oxygen atoms in total. The van der Waals surface area contributed by atoms with Crippen molar-refractivity contribution in [3.8, 4) is 56.4 Å². The second kappa shape index (κ2) is 22.3. The van der Waals surface area contributed by atoms with Gasteiger partial charge in [0.15, 0.2) is 0 Å². The summed E-state index contributed by atoms with van der Waals surface area (Å²) in [5.41, 5.74) is 15.8. The summed E-state index contributed by atoms with van der Waals surface area (Å²) in [7, 11) is 0. The SMILES string of the molecule is CCCC1CCC(c2ccc(-c3ccc(OCOc4ccc5c(c4-c4c(OCOc6ccc(-c7ccc(C8CCC(CCC)CC8)cc7)cc6)ccc6c4CCCC6)CCCC5)cc3)cc2)CC1. The minimum atomic E-state index is 0.120. The van der Waals surface area contributed by atoms with Gasteiger partial charge in [0.25, 0.3) is 0 Å². The molecule has 0 N–H and O–H groups in total. The van der Waals surface area contributed by atoms with Gasteiger partial charge < -0.3 is 18.9 Å². The summed E-state index contributed by atoms with van der Waals surface area (Å²) in [4.78, 5) is 0. The zero-order valence-corrected chi connectivity index (χ0v) is 41.0. The van der Waals surface area contributed by atoms with Gasteiger partial charge in [-0.25, -0.2) is 0 Å². The Morgan fingerprint density at radius 2 is 0.721 bits per heavy atom. The van der Waals surface area contributed by atoms with Crippen LogP contribution in [0.2, 0.25) is 0 Å². The fraction of sp³-hybridized carbons (Fsp3) is 0.438. The van der Waals surface area contributed by atoms with E-state index >= 15 is 0 Å². The van der Waals surface area contributed by atoms with E-state index < -0.39 is 0 Å². The zero-order valence-electron chi connectivity index (χ0n) is 41.0. The highest BCUT2D eigenvalue weighted by molar-refractivity contribution is 5.84. The summed E-state index contributed by atoms with van der Waals surface area (Å²) in [5, 5.41) is 0. The average Bonchev–Trinajstić information content (AvgIpc) is 3.40. The van der Waals surface area contributed by atoms with E-state index in [0.717, 1.165) is 60.5 Å². The molecular weight excluding hydrogens is 833 g/mol. The number of fused-ring (bicyclic) bond motifs is 2. The molecule has 68 heavy (non-hydrogen) atoms. The lowest BCUT2D eigenvalue weighted by Crippen LogP contribution is -2.14. The Hall–Kier alpha value is -5.48. The van der Waals surface area contributed by atoms with Crippen molar-refractivity contribution in [1.82, 2.24) is 0 Å². The summed E-state index contributed by atoms with van der Waals surface area (Å²) in [6, 6.07) is 44.5. The number of aryl methyl sites for hydroxylation is 2. The van der Waals surface area contributed by atoms with Crippen LogP contribution in [0.15, 0.2) is 121 Å². The number of benzene rings is 6. The second-order valence-corrected chi connectivity index (χ2v) is 20.7. The topological polar surface area (TPSA) is 36.9 Å². The fourth-order valence-electron chi connectivity index (χ4n) is 12.5. The minimum Gasteiger partial charge on any atom is -0.458 e. The van der Waals surface area contributed by atoms with Gasteiger partial charge in [0.1, 0.15) is 23.0 Å². The number of hydrogen-bond acceptors (Lipinski definition) is 4. The molecule has 2 saturated carbocycles. The molecule has 4 aliphatic rings. The molecule has 0 amide bonds. The van der Waals surface area contributed by atoms with E-state index in [0.29, 0.717) is 11.8 Å².